The van der Waals surface area contributed by atoms with E-state index >= 15 is 0 Å². The fraction of sp³-hybridized carbons (Fsp3) is 0.294. The van der Waals surface area contributed by atoms with Gasteiger partial charge in [0.05, 0.1) is 6.26 Å². The number of benzene rings is 1. The summed E-state index contributed by atoms with van der Waals surface area (Å²) in [7, 11) is 1.71. The van der Waals surface area contributed by atoms with Crippen molar-refractivity contribution < 1.29 is 14.0 Å². The molecule has 6 nitrogen and oxygen atoms in total. The van der Waals surface area contributed by atoms with E-state index in [-0.39, 0.29) is 36.0 Å². The molecule has 1 heterocycles. The minimum atomic E-state index is -0.355. The second-order valence-electron chi connectivity index (χ2n) is 5.46. The first kappa shape index (κ1) is 19.7. The zero-order valence-corrected chi connectivity index (χ0v) is 14.7. The molecule has 2 rings (SSSR count). The van der Waals surface area contributed by atoms with Crippen LogP contribution in [0, 0.1) is 6.92 Å². The third-order valence-electron chi connectivity index (χ3n) is 3.80. The molecule has 0 radical (unpaired) electrons. The first-order valence-corrected chi connectivity index (χ1v) is 7.36. The molecule has 24 heavy (non-hydrogen) atoms. The van der Waals surface area contributed by atoms with Crippen LogP contribution in [0.15, 0.2) is 41.0 Å². The molecule has 3 N–H and O–H groups in total. The fourth-order valence-electron chi connectivity index (χ4n) is 2.04. The van der Waals surface area contributed by atoms with Crippen molar-refractivity contribution >= 4 is 29.9 Å². The van der Waals surface area contributed by atoms with Crippen LogP contribution in [0.5, 0.6) is 0 Å². The van der Waals surface area contributed by atoms with E-state index in [9.17, 15) is 9.59 Å². The molecule has 1 aromatic carbocycles. The topological polar surface area (TPSA) is 88.6 Å². The molecule has 2 aromatic rings. The summed E-state index contributed by atoms with van der Waals surface area (Å²) in [5, 5.41) is 2.76. The van der Waals surface area contributed by atoms with Gasteiger partial charge in [0.1, 0.15) is 0 Å². The molecule has 0 aliphatic carbocycles. The summed E-state index contributed by atoms with van der Waals surface area (Å²) in [4.78, 5) is 26.1. The molecule has 0 fully saturated rings. The number of nitrogens with two attached hydrogens (primary N) is 1. The first-order valence-electron chi connectivity index (χ1n) is 7.36. The lowest BCUT2D eigenvalue weighted by Crippen LogP contribution is -2.39. The Morgan fingerprint density at radius 3 is 2.62 bits per heavy atom. The Morgan fingerprint density at radius 2 is 2.04 bits per heavy atom. The van der Waals surface area contributed by atoms with E-state index < -0.39 is 0 Å². The number of likely N-dealkylation sites (N-methyl/N-ethyl adjacent to an activating group) is 1. The second kappa shape index (κ2) is 8.52. The Hall–Kier alpha value is -2.31. The average molecular weight is 352 g/mol. The SMILES string of the molecule is Cc1ccc(C(=O)N(C)C(C)CN)cc1NC(=O)c1ccco1.Cl. The van der Waals surface area contributed by atoms with Gasteiger partial charge < -0.3 is 20.4 Å². The van der Waals surface area contributed by atoms with E-state index in [0.717, 1.165) is 5.56 Å². The number of nitrogens with zero attached hydrogens (tertiary/aromatic N) is 1. The molecule has 130 valence electrons. The molecule has 0 bridgehead atoms. The zero-order valence-electron chi connectivity index (χ0n) is 13.9. The quantitative estimate of drug-likeness (QED) is 0.866. The number of hydrogen-bond acceptors (Lipinski definition) is 4. The molecule has 1 aromatic heterocycles. The summed E-state index contributed by atoms with van der Waals surface area (Å²) < 4.78 is 5.07. The van der Waals surface area contributed by atoms with Gasteiger partial charge in [-0.1, -0.05) is 6.07 Å². The normalized spacial score (nSPS) is 11.3. The van der Waals surface area contributed by atoms with Crippen molar-refractivity contribution in [2.24, 2.45) is 5.73 Å². The molecule has 0 aliphatic heterocycles. The highest BCUT2D eigenvalue weighted by Gasteiger charge is 2.18. The van der Waals surface area contributed by atoms with E-state index in [0.29, 0.717) is 17.8 Å². The molecular formula is C17H22ClN3O3. The number of carbonyl (C=O) groups excluding carboxylic acids is 2. The number of anilines is 1. The van der Waals surface area contributed by atoms with E-state index in [1.807, 2.05) is 13.8 Å². The van der Waals surface area contributed by atoms with Crippen LogP contribution in [-0.2, 0) is 0 Å². The van der Waals surface area contributed by atoms with Crippen molar-refractivity contribution in [3.8, 4) is 0 Å². The van der Waals surface area contributed by atoms with Crippen LogP contribution in [-0.4, -0.2) is 36.3 Å². The molecule has 7 heteroatoms. The van der Waals surface area contributed by atoms with Gasteiger partial charge in [0.15, 0.2) is 5.76 Å². The minimum Gasteiger partial charge on any atom is -0.459 e. The number of furan rings is 1. The van der Waals surface area contributed by atoms with Crippen LogP contribution in [0.1, 0.15) is 33.4 Å². The van der Waals surface area contributed by atoms with Gasteiger partial charge in [-0.25, -0.2) is 0 Å². The molecule has 0 spiro atoms. The van der Waals surface area contributed by atoms with Gasteiger partial charge in [-0.3, -0.25) is 9.59 Å². The molecule has 0 aliphatic rings. The highest BCUT2D eigenvalue weighted by atomic mass is 35.5. The predicted molar refractivity (Wildman–Crippen MR) is 95.7 cm³/mol. The van der Waals surface area contributed by atoms with Crippen LogP contribution in [0.4, 0.5) is 5.69 Å². The summed E-state index contributed by atoms with van der Waals surface area (Å²) in [5.41, 5.74) is 7.53. The van der Waals surface area contributed by atoms with Gasteiger partial charge in [-0.05, 0) is 43.7 Å². The van der Waals surface area contributed by atoms with Crippen molar-refractivity contribution in [1.29, 1.82) is 0 Å². The standard InChI is InChI=1S/C17H21N3O3.ClH/c1-11-6-7-13(17(22)20(3)12(2)10-18)9-14(11)19-16(21)15-5-4-8-23-15;/h4-9,12H,10,18H2,1-3H3,(H,19,21);1H. The number of amides is 2. The molecule has 0 saturated heterocycles. The first-order chi connectivity index (χ1) is 10.9. The average Bonchev–Trinajstić information content (AvgIpc) is 3.09. The highest BCUT2D eigenvalue weighted by Crippen LogP contribution is 2.19. The number of rotatable bonds is 5. The van der Waals surface area contributed by atoms with Gasteiger partial charge in [-0.15, -0.1) is 12.4 Å². The van der Waals surface area contributed by atoms with Crippen LogP contribution in [0.2, 0.25) is 0 Å². The Labute approximate surface area is 147 Å². The minimum absolute atomic E-state index is 0. The maximum absolute atomic E-state index is 12.5. The summed E-state index contributed by atoms with van der Waals surface area (Å²) in [6.07, 6.45) is 1.44. The fourth-order valence-corrected chi connectivity index (χ4v) is 2.04. The van der Waals surface area contributed by atoms with Crippen molar-refractivity contribution in [3.63, 3.8) is 0 Å². The Morgan fingerprint density at radius 1 is 1.33 bits per heavy atom. The molecular weight excluding hydrogens is 330 g/mol. The second-order valence-corrected chi connectivity index (χ2v) is 5.46. The van der Waals surface area contributed by atoms with E-state index in [1.54, 1.807) is 42.3 Å². The summed E-state index contributed by atoms with van der Waals surface area (Å²) in [5.74, 6) is -0.280. The van der Waals surface area contributed by atoms with E-state index in [1.165, 1.54) is 6.26 Å². The van der Waals surface area contributed by atoms with Gasteiger partial charge in [0.2, 0.25) is 0 Å². The maximum Gasteiger partial charge on any atom is 0.291 e. The van der Waals surface area contributed by atoms with Crippen LogP contribution < -0.4 is 11.1 Å². The van der Waals surface area contributed by atoms with Gasteiger partial charge in [-0.2, -0.15) is 0 Å². The van der Waals surface area contributed by atoms with E-state index in [2.05, 4.69) is 5.32 Å². The lowest BCUT2D eigenvalue weighted by molar-refractivity contribution is 0.0748. The van der Waals surface area contributed by atoms with Crippen LogP contribution >= 0.6 is 12.4 Å². The third-order valence-corrected chi connectivity index (χ3v) is 3.80. The Balaban J connectivity index is 0.00000288. The Kier molecular flexibility index (Phi) is 7.00. The third kappa shape index (κ3) is 4.37. The molecule has 0 saturated carbocycles. The van der Waals surface area contributed by atoms with Crippen LogP contribution in [0.25, 0.3) is 0 Å². The smallest absolute Gasteiger partial charge is 0.291 e. The lowest BCUT2D eigenvalue weighted by atomic mass is 10.1. The number of halogens is 1. The maximum atomic E-state index is 12.5. The zero-order chi connectivity index (χ0) is 17.0. The van der Waals surface area contributed by atoms with Gasteiger partial charge >= 0.3 is 0 Å². The number of nitrogens with one attached hydrogen (secondary N) is 1. The lowest BCUT2D eigenvalue weighted by Gasteiger charge is -2.24. The summed E-state index contributed by atoms with van der Waals surface area (Å²) in [6.45, 7) is 4.13. The van der Waals surface area contributed by atoms with Crippen molar-refractivity contribution in [2.45, 2.75) is 19.9 Å². The van der Waals surface area contributed by atoms with Gasteiger partial charge in [0, 0.05) is 30.9 Å². The van der Waals surface area contributed by atoms with Crippen molar-refractivity contribution in [1.82, 2.24) is 4.90 Å². The largest absolute Gasteiger partial charge is 0.459 e. The summed E-state index contributed by atoms with van der Waals surface area (Å²) >= 11 is 0. The monoisotopic (exact) mass is 351 g/mol. The van der Waals surface area contributed by atoms with Gasteiger partial charge in [0.25, 0.3) is 11.8 Å². The number of carbonyl (C=O) groups is 2. The van der Waals surface area contributed by atoms with Crippen LogP contribution in [0.3, 0.4) is 0 Å². The molecule has 2 amide bonds. The van der Waals surface area contributed by atoms with Crippen molar-refractivity contribution in [2.75, 3.05) is 18.9 Å². The predicted octanol–water partition coefficient (Wildman–Crippen LogP) is 2.68. The molecule has 1 unspecified atom stereocenters. The number of hydrogen-bond donors (Lipinski definition) is 2. The molecule has 1 atom stereocenters. The number of aryl methyl sites for hydroxylation is 1. The Bertz CT molecular complexity index is 701. The summed E-state index contributed by atoms with van der Waals surface area (Å²) in [6, 6.07) is 8.36. The highest BCUT2D eigenvalue weighted by molar-refractivity contribution is 6.03. The van der Waals surface area contributed by atoms with E-state index in [4.69, 9.17) is 10.2 Å². The van der Waals surface area contributed by atoms with Crippen molar-refractivity contribution in [3.05, 3.63) is 53.5 Å².